The van der Waals surface area contributed by atoms with Gasteiger partial charge in [0.1, 0.15) is 5.82 Å². The number of halogens is 1. The quantitative estimate of drug-likeness (QED) is 0.676. The molecule has 1 nitrogen and oxygen atoms in total. The molecule has 0 unspecified atom stereocenters. The summed E-state index contributed by atoms with van der Waals surface area (Å²) in [6.07, 6.45) is 0. The first-order valence-electron chi connectivity index (χ1n) is 3.85. The number of hydrogen-bond donors (Lipinski definition) is 0. The van der Waals surface area contributed by atoms with Gasteiger partial charge in [0.05, 0.1) is 5.69 Å². The third-order valence-electron chi connectivity index (χ3n) is 1.79. The molecule has 0 saturated carbocycles. The van der Waals surface area contributed by atoms with Crippen LogP contribution in [0.15, 0.2) is 23.6 Å². The van der Waals surface area contributed by atoms with Crippen LogP contribution < -0.4 is 0 Å². The highest BCUT2D eigenvalue weighted by molar-refractivity contribution is 7.07. The van der Waals surface area contributed by atoms with Crippen molar-refractivity contribution < 1.29 is 4.39 Å². The molecule has 1 heterocycles. The van der Waals surface area contributed by atoms with Crippen LogP contribution >= 0.6 is 11.3 Å². The molecular formula is C10H7FNS. The smallest absolute Gasteiger partial charge is 0.152 e. The maximum atomic E-state index is 13.4. The van der Waals surface area contributed by atoms with E-state index in [2.05, 4.69) is 10.5 Å². The lowest BCUT2D eigenvalue weighted by Gasteiger charge is -1.99. The Kier molecular flexibility index (Phi) is 2.10. The minimum Gasteiger partial charge on any atom is -0.233 e. The van der Waals surface area contributed by atoms with E-state index in [-0.39, 0.29) is 5.82 Å². The Morgan fingerprint density at radius 2 is 2.31 bits per heavy atom. The molecule has 2 aromatic rings. The van der Waals surface area contributed by atoms with Gasteiger partial charge in [0.15, 0.2) is 5.51 Å². The molecule has 1 radical (unpaired) electrons. The number of benzene rings is 1. The summed E-state index contributed by atoms with van der Waals surface area (Å²) in [6, 6.07) is 5.12. The van der Waals surface area contributed by atoms with E-state index in [0.29, 0.717) is 11.3 Å². The molecule has 3 heteroatoms. The van der Waals surface area contributed by atoms with Crippen LogP contribution in [0.4, 0.5) is 4.39 Å². The zero-order valence-electron chi connectivity index (χ0n) is 7.04. The van der Waals surface area contributed by atoms with Crippen molar-refractivity contribution in [2.24, 2.45) is 0 Å². The first-order valence-corrected chi connectivity index (χ1v) is 4.73. The van der Waals surface area contributed by atoms with Gasteiger partial charge in [-0.15, -0.1) is 11.3 Å². The van der Waals surface area contributed by atoms with Crippen LogP contribution in [0.2, 0.25) is 0 Å². The molecule has 0 bridgehead atoms. The number of rotatable bonds is 1. The summed E-state index contributed by atoms with van der Waals surface area (Å²) < 4.78 is 13.4. The van der Waals surface area contributed by atoms with Crippen molar-refractivity contribution >= 4 is 11.3 Å². The van der Waals surface area contributed by atoms with Crippen LogP contribution in [0, 0.1) is 18.3 Å². The van der Waals surface area contributed by atoms with Crippen molar-refractivity contribution in [3.05, 3.63) is 40.5 Å². The van der Waals surface area contributed by atoms with Crippen LogP contribution in [0.3, 0.4) is 0 Å². The summed E-state index contributed by atoms with van der Waals surface area (Å²) in [5.41, 5.74) is 4.81. The maximum Gasteiger partial charge on any atom is 0.152 e. The van der Waals surface area contributed by atoms with Gasteiger partial charge < -0.3 is 0 Å². The Bertz CT molecular complexity index is 409. The SMILES string of the molecule is Cc1ccc(-c2cs[c]n2)c(F)c1. The molecule has 0 saturated heterocycles. The second kappa shape index (κ2) is 3.26. The summed E-state index contributed by atoms with van der Waals surface area (Å²) in [6.45, 7) is 1.86. The Morgan fingerprint density at radius 1 is 1.46 bits per heavy atom. The van der Waals surface area contributed by atoms with Crippen LogP contribution in [-0.4, -0.2) is 4.98 Å². The van der Waals surface area contributed by atoms with E-state index in [0.717, 1.165) is 5.56 Å². The second-order valence-corrected chi connectivity index (χ2v) is 3.46. The highest BCUT2D eigenvalue weighted by Crippen LogP contribution is 2.22. The second-order valence-electron chi connectivity index (χ2n) is 2.81. The first kappa shape index (κ1) is 8.38. The molecule has 0 spiro atoms. The lowest BCUT2D eigenvalue weighted by atomic mass is 10.1. The fourth-order valence-electron chi connectivity index (χ4n) is 1.14. The molecule has 0 atom stereocenters. The Morgan fingerprint density at radius 3 is 2.92 bits per heavy atom. The molecule has 0 aliphatic heterocycles. The molecule has 0 aliphatic rings. The lowest BCUT2D eigenvalue weighted by Crippen LogP contribution is -1.85. The molecule has 65 valence electrons. The summed E-state index contributed by atoms with van der Waals surface area (Å²) in [4.78, 5) is 3.93. The fraction of sp³-hybridized carbons (Fsp3) is 0.100. The average Bonchev–Trinajstić information content (AvgIpc) is 2.56. The van der Waals surface area contributed by atoms with Crippen molar-refractivity contribution in [3.8, 4) is 11.3 Å². The molecule has 2 rings (SSSR count). The van der Waals surface area contributed by atoms with Crippen LogP contribution in [0.5, 0.6) is 0 Å². The minimum absolute atomic E-state index is 0.223. The monoisotopic (exact) mass is 192 g/mol. The van der Waals surface area contributed by atoms with Crippen molar-refractivity contribution in [1.29, 1.82) is 0 Å². The zero-order valence-corrected chi connectivity index (χ0v) is 7.86. The number of thiazole rings is 1. The van der Waals surface area contributed by atoms with Crippen LogP contribution in [-0.2, 0) is 0 Å². The summed E-state index contributed by atoms with van der Waals surface area (Å²) in [5.74, 6) is -0.223. The average molecular weight is 192 g/mol. The highest BCUT2D eigenvalue weighted by Gasteiger charge is 2.05. The normalized spacial score (nSPS) is 10.3. The molecule has 0 aliphatic carbocycles. The highest BCUT2D eigenvalue weighted by atomic mass is 32.1. The number of hydrogen-bond acceptors (Lipinski definition) is 2. The Balaban J connectivity index is 2.53. The topological polar surface area (TPSA) is 12.9 Å². The van der Waals surface area contributed by atoms with Crippen LogP contribution in [0.1, 0.15) is 5.56 Å². The van der Waals surface area contributed by atoms with Gasteiger partial charge in [-0.2, -0.15) is 0 Å². The van der Waals surface area contributed by atoms with E-state index in [1.165, 1.54) is 17.4 Å². The summed E-state index contributed by atoms with van der Waals surface area (Å²) in [7, 11) is 0. The van der Waals surface area contributed by atoms with Crippen molar-refractivity contribution in [3.63, 3.8) is 0 Å². The predicted molar refractivity (Wildman–Crippen MR) is 51.1 cm³/mol. The Hall–Kier alpha value is -1.22. The predicted octanol–water partition coefficient (Wildman–Crippen LogP) is 3.06. The largest absolute Gasteiger partial charge is 0.233 e. The van der Waals surface area contributed by atoms with E-state index < -0.39 is 0 Å². The molecule has 0 fully saturated rings. The standard InChI is InChI=1S/C10H7FNS/c1-7-2-3-8(9(11)4-7)10-5-13-6-12-10/h2-5H,1H3. The lowest BCUT2D eigenvalue weighted by molar-refractivity contribution is 0.629. The van der Waals surface area contributed by atoms with Gasteiger partial charge in [0.2, 0.25) is 0 Å². The van der Waals surface area contributed by atoms with Gasteiger partial charge in [0.25, 0.3) is 0 Å². The Labute approximate surface area is 79.9 Å². The molecular weight excluding hydrogens is 185 g/mol. The first-order chi connectivity index (χ1) is 6.27. The van der Waals surface area contributed by atoms with Gasteiger partial charge in [-0.3, -0.25) is 0 Å². The van der Waals surface area contributed by atoms with Gasteiger partial charge >= 0.3 is 0 Å². The zero-order chi connectivity index (χ0) is 9.26. The molecule has 13 heavy (non-hydrogen) atoms. The molecule has 1 aromatic carbocycles. The van der Waals surface area contributed by atoms with Gasteiger partial charge in [-0.05, 0) is 24.6 Å². The molecule has 0 amide bonds. The number of aromatic nitrogens is 1. The fourth-order valence-corrected chi connectivity index (χ4v) is 1.63. The van der Waals surface area contributed by atoms with Crippen molar-refractivity contribution in [2.75, 3.05) is 0 Å². The maximum absolute atomic E-state index is 13.4. The third-order valence-corrected chi connectivity index (χ3v) is 2.33. The molecule has 0 N–H and O–H groups in total. The van der Waals surface area contributed by atoms with E-state index in [9.17, 15) is 4.39 Å². The van der Waals surface area contributed by atoms with Gasteiger partial charge in [-0.25, -0.2) is 9.37 Å². The van der Waals surface area contributed by atoms with Gasteiger partial charge in [0, 0.05) is 10.9 Å². The minimum atomic E-state index is -0.223. The van der Waals surface area contributed by atoms with Gasteiger partial charge in [-0.1, -0.05) is 6.07 Å². The van der Waals surface area contributed by atoms with Crippen LogP contribution in [0.25, 0.3) is 11.3 Å². The summed E-state index contributed by atoms with van der Waals surface area (Å²) in [5, 5.41) is 1.79. The summed E-state index contributed by atoms with van der Waals surface area (Å²) >= 11 is 1.34. The number of aryl methyl sites for hydroxylation is 1. The van der Waals surface area contributed by atoms with Crippen molar-refractivity contribution in [2.45, 2.75) is 6.92 Å². The van der Waals surface area contributed by atoms with E-state index in [1.54, 1.807) is 11.4 Å². The van der Waals surface area contributed by atoms with E-state index in [4.69, 9.17) is 0 Å². The molecule has 1 aromatic heterocycles. The number of nitrogens with zero attached hydrogens (tertiary/aromatic N) is 1. The van der Waals surface area contributed by atoms with E-state index >= 15 is 0 Å². The van der Waals surface area contributed by atoms with E-state index in [1.807, 2.05) is 13.0 Å². The third kappa shape index (κ3) is 1.60. The van der Waals surface area contributed by atoms with Crippen molar-refractivity contribution in [1.82, 2.24) is 4.98 Å².